The quantitative estimate of drug-likeness (QED) is 0.147. The van der Waals surface area contributed by atoms with Gasteiger partial charge in [-0.05, 0) is 93.0 Å². The van der Waals surface area contributed by atoms with Crippen molar-refractivity contribution >= 4 is 36.9 Å². The summed E-state index contributed by atoms with van der Waals surface area (Å²) in [5, 5.41) is 6.41. The third-order valence-corrected chi connectivity index (χ3v) is 13.3. The number of pyridine rings is 1. The Kier molecular flexibility index (Phi) is 9.76. The lowest BCUT2D eigenvalue weighted by molar-refractivity contribution is -0.157. The van der Waals surface area contributed by atoms with E-state index in [9.17, 15) is 22.8 Å². The smallest absolute Gasteiger partial charge is 0.416 e. The number of amides is 1. The summed E-state index contributed by atoms with van der Waals surface area (Å²) >= 11 is 0. The fourth-order valence-electron chi connectivity index (χ4n) is 5.17. The summed E-state index contributed by atoms with van der Waals surface area (Å²) in [6.07, 6.45) is -1.07. The monoisotopic (exact) mass is 696 g/mol. The van der Waals surface area contributed by atoms with Crippen LogP contribution >= 0.6 is 0 Å². The van der Waals surface area contributed by atoms with E-state index in [1.807, 2.05) is 33.9 Å². The van der Waals surface area contributed by atoms with Crippen molar-refractivity contribution in [2.45, 2.75) is 97.1 Å². The average molecular weight is 697 g/mol. The molecule has 1 atom stereocenters. The predicted molar refractivity (Wildman–Crippen MR) is 184 cm³/mol. The van der Waals surface area contributed by atoms with Crippen LogP contribution in [-0.2, 0) is 39.7 Å². The number of hydrogen-bond acceptors (Lipinski definition) is 7. The number of nitrogens with zero attached hydrogens (tertiary/aromatic N) is 2. The van der Waals surface area contributed by atoms with Crippen LogP contribution in [0.2, 0.25) is 18.1 Å². The molecule has 1 aliphatic heterocycles. The molecule has 0 spiro atoms. The number of ether oxygens (including phenoxy) is 2. The lowest BCUT2D eigenvalue weighted by Crippen LogP contribution is -2.45. The Hall–Kier alpha value is -4.20. The molecule has 0 fully saturated rings. The number of rotatable bonds is 7. The van der Waals surface area contributed by atoms with Crippen LogP contribution in [0, 0.1) is 0 Å². The van der Waals surface area contributed by atoms with Crippen molar-refractivity contribution in [3.05, 3.63) is 83.3 Å². The Bertz CT molecular complexity index is 1880. The van der Waals surface area contributed by atoms with Gasteiger partial charge in [-0.25, -0.2) is 4.79 Å². The molecular formula is C36H43F3N4O5Si. The zero-order valence-corrected chi connectivity index (χ0v) is 30.0. The Morgan fingerprint density at radius 2 is 1.76 bits per heavy atom. The van der Waals surface area contributed by atoms with Gasteiger partial charge in [0.1, 0.15) is 23.1 Å². The standard InChI is InChI=1S/C36H43F3N4O5Si/c1-34(2,3)48-32(44)29-19-28-27(20-41-29)31(11-13-40-28)47-26-9-10-30-23(17-26)12-14-43(30)33(45)42-25-16-22(15-24(18-25)36(37,38)39)21-46-49(7,8)35(4,5)6/h9-18,29,41H,19-21H2,1-8H3,(H,42,45). The van der Waals surface area contributed by atoms with Gasteiger partial charge in [0.05, 0.1) is 23.4 Å². The maximum absolute atomic E-state index is 13.8. The van der Waals surface area contributed by atoms with Crippen LogP contribution < -0.4 is 15.4 Å². The third kappa shape index (κ3) is 8.51. The molecule has 4 aromatic rings. The Balaban J connectivity index is 1.32. The first-order chi connectivity index (χ1) is 22.7. The summed E-state index contributed by atoms with van der Waals surface area (Å²) in [6, 6.07) is 11.0. The third-order valence-electron chi connectivity index (χ3n) is 8.80. The molecule has 2 aromatic carbocycles. The van der Waals surface area contributed by atoms with Crippen molar-refractivity contribution in [2.24, 2.45) is 0 Å². The van der Waals surface area contributed by atoms with Crippen LogP contribution in [-0.4, -0.2) is 41.5 Å². The second-order valence-corrected chi connectivity index (χ2v) is 19.6. The van der Waals surface area contributed by atoms with Gasteiger partial charge in [0.25, 0.3) is 0 Å². The summed E-state index contributed by atoms with van der Waals surface area (Å²) in [7, 11) is -2.23. The minimum absolute atomic E-state index is 0.000417. The lowest BCUT2D eigenvalue weighted by Gasteiger charge is -2.36. The van der Waals surface area contributed by atoms with Gasteiger partial charge in [0, 0.05) is 42.0 Å². The molecule has 5 rings (SSSR count). The minimum Gasteiger partial charge on any atom is -0.459 e. The van der Waals surface area contributed by atoms with Gasteiger partial charge in [-0.3, -0.25) is 19.7 Å². The van der Waals surface area contributed by atoms with E-state index in [0.717, 1.165) is 23.4 Å². The van der Waals surface area contributed by atoms with E-state index in [1.165, 1.54) is 10.6 Å². The molecule has 262 valence electrons. The van der Waals surface area contributed by atoms with E-state index < -0.39 is 37.7 Å². The van der Waals surface area contributed by atoms with Gasteiger partial charge in [0.2, 0.25) is 0 Å². The number of carbonyl (C=O) groups is 2. The van der Waals surface area contributed by atoms with Gasteiger partial charge < -0.3 is 19.2 Å². The first-order valence-electron chi connectivity index (χ1n) is 16.1. The van der Waals surface area contributed by atoms with E-state index in [2.05, 4.69) is 36.4 Å². The molecule has 0 aliphatic carbocycles. The Labute approximate surface area is 285 Å². The molecular weight excluding hydrogens is 653 g/mol. The van der Waals surface area contributed by atoms with Crippen LogP contribution in [0.5, 0.6) is 11.5 Å². The number of carbonyl (C=O) groups excluding carboxylic acids is 2. The topological polar surface area (TPSA) is 104 Å². The molecule has 0 saturated heterocycles. The zero-order chi connectivity index (χ0) is 35.9. The Morgan fingerprint density at radius 1 is 1.02 bits per heavy atom. The molecule has 13 heteroatoms. The summed E-state index contributed by atoms with van der Waals surface area (Å²) in [5.74, 6) is 0.751. The number of anilines is 1. The number of esters is 1. The molecule has 3 heterocycles. The van der Waals surface area contributed by atoms with Crippen molar-refractivity contribution in [3.63, 3.8) is 0 Å². The number of aromatic nitrogens is 2. The van der Waals surface area contributed by atoms with Crippen LogP contribution in [0.25, 0.3) is 10.9 Å². The SMILES string of the molecule is CC(C)(C)OC(=O)C1Cc2nccc(Oc3ccc4c(ccn4C(=O)Nc4cc(CO[Si](C)(C)C(C)(C)C)cc(C(F)(F)F)c4)c3)c2CN1. The van der Waals surface area contributed by atoms with Crippen molar-refractivity contribution in [1.82, 2.24) is 14.9 Å². The number of alkyl halides is 3. The molecule has 1 amide bonds. The summed E-state index contributed by atoms with van der Waals surface area (Å²) in [6.45, 7) is 16.1. The van der Waals surface area contributed by atoms with Gasteiger partial charge in [0.15, 0.2) is 8.32 Å². The predicted octanol–water partition coefficient (Wildman–Crippen LogP) is 8.81. The zero-order valence-electron chi connectivity index (χ0n) is 29.0. The number of fused-ring (bicyclic) bond motifs is 2. The normalized spacial score (nSPS) is 15.5. The van der Waals surface area contributed by atoms with E-state index >= 15 is 0 Å². The molecule has 0 bridgehead atoms. The highest BCUT2D eigenvalue weighted by atomic mass is 28.4. The molecule has 2 aromatic heterocycles. The van der Waals surface area contributed by atoms with Gasteiger partial charge in [-0.15, -0.1) is 0 Å². The molecule has 1 aliphatic rings. The second kappa shape index (κ2) is 13.3. The Morgan fingerprint density at radius 3 is 2.43 bits per heavy atom. The highest BCUT2D eigenvalue weighted by Gasteiger charge is 2.38. The first kappa shape index (κ1) is 36.1. The highest BCUT2D eigenvalue weighted by Crippen LogP contribution is 2.38. The van der Waals surface area contributed by atoms with Crippen molar-refractivity contribution < 1.29 is 36.7 Å². The summed E-state index contributed by atoms with van der Waals surface area (Å²) < 4.78 is 60.8. The molecule has 2 N–H and O–H groups in total. The largest absolute Gasteiger partial charge is 0.459 e. The van der Waals surface area contributed by atoms with Crippen LogP contribution in [0.15, 0.2) is 60.9 Å². The van der Waals surface area contributed by atoms with E-state index in [-0.39, 0.29) is 23.3 Å². The number of halogens is 3. The van der Waals surface area contributed by atoms with E-state index in [1.54, 1.807) is 42.7 Å². The summed E-state index contributed by atoms with van der Waals surface area (Å²) in [5.41, 5.74) is 0.972. The van der Waals surface area contributed by atoms with Crippen molar-refractivity contribution in [1.29, 1.82) is 0 Å². The average Bonchev–Trinajstić information content (AvgIpc) is 3.41. The highest BCUT2D eigenvalue weighted by molar-refractivity contribution is 6.74. The number of hydrogen-bond donors (Lipinski definition) is 2. The fraction of sp³-hybridized carbons (Fsp3) is 0.417. The van der Waals surface area contributed by atoms with E-state index in [4.69, 9.17) is 13.9 Å². The van der Waals surface area contributed by atoms with Gasteiger partial charge in [-0.2, -0.15) is 13.2 Å². The molecule has 49 heavy (non-hydrogen) atoms. The molecule has 0 radical (unpaired) electrons. The van der Waals surface area contributed by atoms with Crippen LogP contribution in [0.1, 0.15) is 63.9 Å². The van der Waals surface area contributed by atoms with E-state index in [0.29, 0.717) is 40.9 Å². The van der Waals surface area contributed by atoms with Crippen LogP contribution in [0.3, 0.4) is 0 Å². The second-order valence-electron chi connectivity index (χ2n) is 14.8. The number of benzene rings is 2. The first-order valence-corrected chi connectivity index (χ1v) is 19.0. The minimum atomic E-state index is -4.60. The maximum Gasteiger partial charge on any atom is 0.416 e. The van der Waals surface area contributed by atoms with Crippen molar-refractivity contribution in [3.8, 4) is 11.5 Å². The maximum atomic E-state index is 13.8. The molecule has 9 nitrogen and oxygen atoms in total. The van der Waals surface area contributed by atoms with Gasteiger partial charge >= 0.3 is 18.2 Å². The molecule has 0 saturated carbocycles. The fourth-order valence-corrected chi connectivity index (χ4v) is 6.13. The lowest BCUT2D eigenvalue weighted by atomic mass is 10.00. The molecule has 1 unspecified atom stereocenters. The van der Waals surface area contributed by atoms with Gasteiger partial charge in [-0.1, -0.05) is 20.8 Å². The summed E-state index contributed by atoms with van der Waals surface area (Å²) in [4.78, 5) is 30.4. The van der Waals surface area contributed by atoms with Crippen molar-refractivity contribution in [2.75, 3.05) is 5.32 Å². The number of nitrogens with one attached hydrogen (secondary N) is 2. The van der Waals surface area contributed by atoms with Crippen LogP contribution in [0.4, 0.5) is 23.7 Å².